The predicted octanol–water partition coefficient (Wildman–Crippen LogP) is 3.53. The summed E-state index contributed by atoms with van der Waals surface area (Å²) in [7, 11) is 0. The van der Waals surface area contributed by atoms with Crippen molar-refractivity contribution in [2.75, 3.05) is 11.9 Å². The van der Waals surface area contributed by atoms with Gasteiger partial charge in [-0.15, -0.1) is 0 Å². The van der Waals surface area contributed by atoms with E-state index in [-0.39, 0.29) is 11.8 Å². The Morgan fingerprint density at radius 2 is 1.81 bits per heavy atom. The van der Waals surface area contributed by atoms with Crippen molar-refractivity contribution in [2.45, 2.75) is 26.3 Å². The maximum absolute atomic E-state index is 11.4. The molecule has 0 unspecified atom stereocenters. The number of amides is 1. The van der Waals surface area contributed by atoms with Crippen molar-refractivity contribution >= 4 is 22.9 Å². The molecule has 1 amide bonds. The Morgan fingerprint density at radius 1 is 1.10 bits per heavy atom. The van der Waals surface area contributed by atoms with Crippen molar-refractivity contribution in [1.82, 2.24) is 19.5 Å². The van der Waals surface area contributed by atoms with Gasteiger partial charge in [0, 0.05) is 23.7 Å². The van der Waals surface area contributed by atoms with Crippen molar-refractivity contribution < 1.29 is 9.90 Å². The number of hydrogen-bond acceptors (Lipinski definition) is 6. The molecule has 0 spiro atoms. The fourth-order valence-corrected chi connectivity index (χ4v) is 3.32. The van der Waals surface area contributed by atoms with E-state index in [2.05, 4.69) is 24.1 Å². The van der Waals surface area contributed by atoms with Crippen LogP contribution in [0.3, 0.4) is 0 Å². The number of rotatable bonds is 7. The summed E-state index contributed by atoms with van der Waals surface area (Å²) < 4.78 is 2.00. The molecule has 2 heterocycles. The van der Waals surface area contributed by atoms with Crippen LogP contribution in [0.25, 0.3) is 22.6 Å². The van der Waals surface area contributed by atoms with Crippen molar-refractivity contribution in [1.29, 1.82) is 0 Å². The van der Waals surface area contributed by atoms with Gasteiger partial charge in [-0.3, -0.25) is 4.79 Å². The lowest BCUT2D eigenvalue weighted by molar-refractivity contribution is 0.100. The number of phenolic OH excluding ortho intramolecular Hbond substituents is 1. The zero-order valence-corrected chi connectivity index (χ0v) is 17.4. The van der Waals surface area contributed by atoms with Crippen molar-refractivity contribution in [3.63, 3.8) is 0 Å². The minimum atomic E-state index is -0.475. The summed E-state index contributed by atoms with van der Waals surface area (Å²) in [6.07, 6.45) is 2.54. The Balaban J connectivity index is 1.67. The van der Waals surface area contributed by atoms with E-state index in [1.54, 1.807) is 42.7 Å². The van der Waals surface area contributed by atoms with E-state index >= 15 is 0 Å². The van der Waals surface area contributed by atoms with Crippen molar-refractivity contribution in [3.8, 4) is 17.1 Å². The molecule has 0 bridgehead atoms. The van der Waals surface area contributed by atoms with Gasteiger partial charge in [-0.1, -0.05) is 24.3 Å². The van der Waals surface area contributed by atoms with E-state index in [9.17, 15) is 9.90 Å². The van der Waals surface area contributed by atoms with Gasteiger partial charge in [-0.05, 0) is 50.1 Å². The quantitative estimate of drug-likeness (QED) is 0.424. The molecule has 4 rings (SSSR count). The molecule has 0 aliphatic heterocycles. The van der Waals surface area contributed by atoms with Crippen LogP contribution in [0.1, 0.15) is 35.8 Å². The Morgan fingerprint density at radius 3 is 2.45 bits per heavy atom. The van der Waals surface area contributed by atoms with E-state index in [0.29, 0.717) is 29.3 Å². The summed E-state index contributed by atoms with van der Waals surface area (Å²) in [5.41, 5.74) is 9.11. The van der Waals surface area contributed by atoms with Crippen LogP contribution in [0.15, 0.2) is 54.9 Å². The highest BCUT2D eigenvalue weighted by Gasteiger charge is 2.16. The van der Waals surface area contributed by atoms with Gasteiger partial charge < -0.3 is 20.7 Å². The molecule has 2 aromatic heterocycles. The molecule has 0 radical (unpaired) electrons. The Bertz CT molecular complexity index is 1210. The minimum Gasteiger partial charge on any atom is -0.508 e. The molecule has 0 saturated heterocycles. The van der Waals surface area contributed by atoms with Crippen LogP contribution in [0.5, 0.6) is 5.75 Å². The number of phenols is 1. The minimum absolute atomic E-state index is 0.190. The topological polar surface area (TPSA) is 119 Å². The molecule has 4 aromatic rings. The highest BCUT2D eigenvalue weighted by molar-refractivity contribution is 5.93. The maximum atomic E-state index is 11.4. The zero-order valence-electron chi connectivity index (χ0n) is 17.4. The Hall–Kier alpha value is -3.94. The number of carbonyl (C=O) groups is 1. The first-order chi connectivity index (χ1) is 14.9. The molecule has 31 heavy (non-hydrogen) atoms. The number of benzene rings is 2. The number of aromatic nitrogens is 4. The van der Waals surface area contributed by atoms with Gasteiger partial charge in [0.15, 0.2) is 17.3 Å². The summed E-state index contributed by atoms with van der Waals surface area (Å²) in [4.78, 5) is 25.4. The normalized spacial score (nSPS) is 11.2. The number of aromatic hydroxyl groups is 1. The predicted molar refractivity (Wildman–Crippen MR) is 120 cm³/mol. The summed E-state index contributed by atoms with van der Waals surface area (Å²) in [5.74, 6) is 0.966. The zero-order chi connectivity index (χ0) is 22.0. The second-order valence-electron chi connectivity index (χ2n) is 7.60. The summed E-state index contributed by atoms with van der Waals surface area (Å²) >= 11 is 0. The number of imidazole rings is 1. The van der Waals surface area contributed by atoms with Crippen LogP contribution in [-0.2, 0) is 6.42 Å². The van der Waals surface area contributed by atoms with E-state index in [4.69, 9.17) is 15.7 Å². The molecule has 4 N–H and O–H groups in total. The van der Waals surface area contributed by atoms with E-state index in [0.717, 1.165) is 23.2 Å². The second kappa shape index (κ2) is 8.43. The molecular formula is C23H24N6O2. The number of nitrogens with one attached hydrogen (secondary N) is 1. The van der Waals surface area contributed by atoms with Crippen LogP contribution in [0, 0.1) is 0 Å². The SMILES string of the molecule is CC(C)n1cnc2c(NCCc3ccc(O)cc3)nc(-c3ccc(C(N)=O)cc3)nc21. The monoisotopic (exact) mass is 416 g/mol. The van der Waals surface area contributed by atoms with Crippen molar-refractivity contribution in [2.24, 2.45) is 5.73 Å². The summed E-state index contributed by atoms with van der Waals surface area (Å²) in [5, 5.41) is 12.8. The molecule has 158 valence electrons. The molecule has 8 heteroatoms. The first kappa shape index (κ1) is 20.3. The fourth-order valence-electron chi connectivity index (χ4n) is 3.32. The third-order valence-corrected chi connectivity index (χ3v) is 5.05. The van der Waals surface area contributed by atoms with Crippen molar-refractivity contribution in [3.05, 3.63) is 66.0 Å². The van der Waals surface area contributed by atoms with Gasteiger partial charge in [0.25, 0.3) is 0 Å². The molecular weight excluding hydrogens is 392 g/mol. The highest BCUT2D eigenvalue weighted by Crippen LogP contribution is 2.26. The third kappa shape index (κ3) is 4.32. The average molecular weight is 416 g/mol. The first-order valence-corrected chi connectivity index (χ1v) is 10.1. The number of nitrogens with zero attached hydrogens (tertiary/aromatic N) is 4. The van der Waals surface area contributed by atoms with Gasteiger partial charge >= 0.3 is 0 Å². The van der Waals surface area contributed by atoms with E-state index in [1.165, 1.54) is 0 Å². The van der Waals surface area contributed by atoms with Gasteiger partial charge in [0.05, 0.1) is 6.33 Å². The standard InChI is InChI=1S/C23H24N6O2/c1-14(2)29-13-26-19-22(25-12-11-15-3-9-18(30)10-4-15)27-21(28-23(19)29)17-7-5-16(6-8-17)20(24)31/h3-10,13-14,30H,11-12H2,1-2H3,(H2,24,31)(H,25,27,28). The van der Waals surface area contributed by atoms with Gasteiger partial charge in [-0.25, -0.2) is 15.0 Å². The number of carbonyl (C=O) groups excluding carboxylic acids is 1. The molecule has 0 atom stereocenters. The molecule has 8 nitrogen and oxygen atoms in total. The smallest absolute Gasteiger partial charge is 0.248 e. The number of anilines is 1. The lowest BCUT2D eigenvalue weighted by Gasteiger charge is -2.11. The number of primary amides is 1. The molecule has 0 aliphatic rings. The number of hydrogen-bond donors (Lipinski definition) is 3. The summed E-state index contributed by atoms with van der Waals surface area (Å²) in [6, 6.07) is 14.3. The third-order valence-electron chi connectivity index (χ3n) is 5.05. The molecule has 2 aromatic carbocycles. The number of fused-ring (bicyclic) bond motifs is 1. The van der Waals surface area contributed by atoms with Crippen LogP contribution < -0.4 is 11.1 Å². The maximum Gasteiger partial charge on any atom is 0.248 e. The second-order valence-corrected chi connectivity index (χ2v) is 7.60. The van der Waals surface area contributed by atoms with Gasteiger partial charge in [0.2, 0.25) is 5.91 Å². The lowest BCUT2D eigenvalue weighted by Crippen LogP contribution is -2.11. The molecule has 0 saturated carbocycles. The summed E-state index contributed by atoms with van der Waals surface area (Å²) in [6.45, 7) is 4.79. The van der Waals surface area contributed by atoms with Crippen LogP contribution >= 0.6 is 0 Å². The Labute approximate surface area is 179 Å². The van der Waals surface area contributed by atoms with E-state index < -0.39 is 5.91 Å². The van der Waals surface area contributed by atoms with Crippen LogP contribution in [-0.4, -0.2) is 37.1 Å². The largest absolute Gasteiger partial charge is 0.508 e. The Kier molecular flexibility index (Phi) is 5.53. The molecule has 0 aliphatic carbocycles. The van der Waals surface area contributed by atoms with Crippen LogP contribution in [0.4, 0.5) is 5.82 Å². The lowest BCUT2D eigenvalue weighted by atomic mass is 10.1. The van der Waals surface area contributed by atoms with E-state index in [1.807, 2.05) is 16.7 Å². The van der Waals surface area contributed by atoms with Crippen LogP contribution in [0.2, 0.25) is 0 Å². The van der Waals surface area contributed by atoms with Gasteiger partial charge in [0.1, 0.15) is 11.3 Å². The van der Waals surface area contributed by atoms with Gasteiger partial charge in [-0.2, -0.15) is 0 Å². The molecule has 0 fully saturated rings. The highest BCUT2D eigenvalue weighted by atomic mass is 16.3. The number of nitrogens with two attached hydrogens (primary N) is 1. The first-order valence-electron chi connectivity index (χ1n) is 10.1. The average Bonchev–Trinajstić information content (AvgIpc) is 3.20. The fraction of sp³-hybridized carbons (Fsp3) is 0.217.